The summed E-state index contributed by atoms with van der Waals surface area (Å²) in [6.45, 7) is 1.89. The number of methoxy groups -OCH3 is 2. The fourth-order valence-corrected chi connectivity index (χ4v) is 2.52. The van der Waals surface area contributed by atoms with Crippen molar-refractivity contribution >= 4 is 11.9 Å². The van der Waals surface area contributed by atoms with Crippen LogP contribution in [0.1, 0.15) is 35.2 Å². The zero-order chi connectivity index (χ0) is 18.4. The molecule has 7 heteroatoms. The fraction of sp³-hybridized carbons (Fsp3) is 0.333. The Balaban J connectivity index is 2.29. The molecule has 2 N–H and O–H groups in total. The number of carboxylic acid groups (broad SMARTS) is 1. The van der Waals surface area contributed by atoms with Crippen molar-refractivity contribution in [2.45, 2.75) is 25.5 Å². The third-order valence-corrected chi connectivity index (χ3v) is 3.77. The Bertz CT molecular complexity index is 754. The van der Waals surface area contributed by atoms with Crippen LogP contribution in [-0.2, 0) is 21.7 Å². The lowest BCUT2D eigenvalue weighted by molar-refractivity contribution is -0.138. The summed E-state index contributed by atoms with van der Waals surface area (Å²) >= 11 is 0. The Hall–Kier alpha value is -2.80. The van der Waals surface area contributed by atoms with E-state index in [4.69, 9.17) is 13.9 Å². The molecule has 1 aromatic carbocycles. The van der Waals surface area contributed by atoms with Gasteiger partial charge in [-0.05, 0) is 36.8 Å². The van der Waals surface area contributed by atoms with Crippen LogP contribution in [0.2, 0.25) is 0 Å². The molecule has 2 aromatic rings. The molecule has 1 unspecified atom stereocenters. The van der Waals surface area contributed by atoms with Gasteiger partial charge in [-0.25, -0.2) is 0 Å². The Labute approximate surface area is 145 Å². The van der Waals surface area contributed by atoms with Crippen LogP contribution in [0.4, 0.5) is 0 Å². The standard InChI is InChI=1S/C18H21NO6/c1-18(10-16(20)21,12-5-4-6-13(9-12)24-3)19-17(22)15-8-7-14(25-15)11-23-2/h4-9H,10-11H2,1-3H3,(H,19,22)(H,20,21). The molecule has 1 aromatic heterocycles. The van der Waals surface area contributed by atoms with Crippen molar-refractivity contribution < 1.29 is 28.6 Å². The third-order valence-electron chi connectivity index (χ3n) is 3.77. The van der Waals surface area contributed by atoms with Crippen LogP contribution >= 0.6 is 0 Å². The number of carbonyl (C=O) groups is 2. The minimum Gasteiger partial charge on any atom is -0.497 e. The van der Waals surface area contributed by atoms with E-state index < -0.39 is 17.4 Å². The van der Waals surface area contributed by atoms with Crippen LogP contribution in [0.5, 0.6) is 5.75 Å². The van der Waals surface area contributed by atoms with Gasteiger partial charge in [0.05, 0.1) is 19.1 Å². The highest BCUT2D eigenvalue weighted by Gasteiger charge is 2.33. The van der Waals surface area contributed by atoms with E-state index in [0.29, 0.717) is 17.1 Å². The molecule has 0 radical (unpaired) electrons. The van der Waals surface area contributed by atoms with Crippen molar-refractivity contribution in [1.82, 2.24) is 5.32 Å². The summed E-state index contributed by atoms with van der Waals surface area (Å²) in [5.41, 5.74) is -0.516. The molecule has 2 rings (SSSR count). The number of amides is 1. The average Bonchev–Trinajstić information content (AvgIpc) is 3.03. The number of hydrogen-bond acceptors (Lipinski definition) is 5. The molecule has 1 amide bonds. The first-order valence-electron chi connectivity index (χ1n) is 7.64. The van der Waals surface area contributed by atoms with Gasteiger partial charge in [-0.2, -0.15) is 0 Å². The second kappa shape index (κ2) is 7.85. The number of carboxylic acids is 1. The molecule has 1 atom stereocenters. The van der Waals surface area contributed by atoms with Gasteiger partial charge in [-0.3, -0.25) is 9.59 Å². The summed E-state index contributed by atoms with van der Waals surface area (Å²) in [7, 11) is 3.04. The Morgan fingerprint density at radius 2 is 2.00 bits per heavy atom. The molecular formula is C18H21NO6. The number of hydrogen-bond donors (Lipinski definition) is 2. The van der Waals surface area contributed by atoms with Crippen LogP contribution in [0.3, 0.4) is 0 Å². The summed E-state index contributed by atoms with van der Waals surface area (Å²) in [4.78, 5) is 23.8. The molecular weight excluding hydrogens is 326 g/mol. The first kappa shape index (κ1) is 18.5. The average molecular weight is 347 g/mol. The van der Waals surface area contributed by atoms with Crippen LogP contribution in [0, 0.1) is 0 Å². The van der Waals surface area contributed by atoms with Gasteiger partial charge in [0.1, 0.15) is 18.1 Å². The molecule has 0 saturated carbocycles. The zero-order valence-corrected chi connectivity index (χ0v) is 14.4. The molecule has 0 aliphatic rings. The van der Waals surface area contributed by atoms with Crippen molar-refractivity contribution in [1.29, 1.82) is 0 Å². The quantitative estimate of drug-likeness (QED) is 0.761. The number of nitrogens with one attached hydrogen (secondary N) is 1. The lowest BCUT2D eigenvalue weighted by Gasteiger charge is -2.30. The third kappa shape index (κ3) is 4.60. The topological polar surface area (TPSA) is 98.0 Å². The van der Waals surface area contributed by atoms with E-state index in [1.54, 1.807) is 37.3 Å². The van der Waals surface area contributed by atoms with E-state index in [1.807, 2.05) is 0 Å². The van der Waals surface area contributed by atoms with Gasteiger partial charge < -0.3 is 24.3 Å². The highest BCUT2D eigenvalue weighted by molar-refractivity contribution is 5.92. The maximum Gasteiger partial charge on any atom is 0.306 e. The van der Waals surface area contributed by atoms with Crippen LogP contribution in [0.15, 0.2) is 40.8 Å². The monoisotopic (exact) mass is 347 g/mol. The van der Waals surface area contributed by atoms with Crippen LogP contribution in [-0.4, -0.2) is 31.2 Å². The number of benzene rings is 1. The summed E-state index contributed by atoms with van der Waals surface area (Å²) in [6, 6.07) is 10.1. The predicted octanol–water partition coefficient (Wildman–Crippen LogP) is 2.55. The highest BCUT2D eigenvalue weighted by atomic mass is 16.5. The second-order valence-corrected chi connectivity index (χ2v) is 5.79. The van der Waals surface area contributed by atoms with Gasteiger partial charge in [-0.1, -0.05) is 12.1 Å². The van der Waals surface area contributed by atoms with Crippen molar-refractivity contribution in [3.8, 4) is 5.75 Å². The van der Waals surface area contributed by atoms with Crippen molar-refractivity contribution in [3.63, 3.8) is 0 Å². The van der Waals surface area contributed by atoms with Gasteiger partial charge in [-0.15, -0.1) is 0 Å². The van der Waals surface area contributed by atoms with E-state index in [1.165, 1.54) is 20.3 Å². The zero-order valence-electron chi connectivity index (χ0n) is 14.4. The van der Waals surface area contributed by atoms with E-state index in [2.05, 4.69) is 5.32 Å². The maximum absolute atomic E-state index is 12.5. The number of aliphatic carboxylic acids is 1. The van der Waals surface area contributed by atoms with E-state index in [9.17, 15) is 14.7 Å². The molecule has 0 fully saturated rings. The molecule has 0 aliphatic heterocycles. The van der Waals surface area contributed by atoms with Crippen molar-refractivity contribution in [3.05, 3.63) is 53.5 Å². The molecule has 25 heavy (non-hydrogen) atoms. The second-order valence-electron chi connectivity index (χ2n) is 5.79. The van der Waals surface area contributed by atoms with Crippen molar-refractivity contribution in [2.75, 3.05) is 14.2 Å². The Morgan fingerprint density at radius 3 is 2.64 bits per heavy atom. The largest absolute Gasteiger partial charge is 0.497 e. The summed E-state index contributed by atoms with van der Waals surface area (Å²) in [5, 5.41) is 12.0. The highest BCUT2D eigenvalue weighted by Crippen LogP contribution is 2.28. The van der Waals surface area contributed by atoms with E-state index in [0.717, 1.165) is 0 Å². The van der Waals surface area contributed by atoms with Gasteiger partial charge >= 0.3 is 5.97 Å². The minimum absolute atomic E-state index is 0.0894. The van der Waals surface area contributed by atoms with Gasteiger partial charge in [0.25, 0.3) is 5.91 Å². The molecule has 134 valence electrons. The molecule has 1 heterocycles. The first-order chi connectivity index (χ1) is 11.9. The number of ether oxygens (including phenoxy) is 2. The van der Waals surface area contributed by atoms with Crippen molar-refractivity contribution in [2.24, 2.45) is 0 Å². The lowest BCUT2D eigenvalue weighted by atomic mass is 9.88. The Kier molecular flexibility index (Phi) is 5.82. The smallest absolute Gasteiger partial charge is 0.306 e. The molecule has 0 spiro atoms. The van der Waals surface area contributed by atoms with Gasteiger partial charge in [0.15, 0.2) is 5.76 Å². The molecule has 7 nitrogen and oxygen atoms in total. The number of carbonyl (C=O) groups excluding carboxylic acids is 1. The first-order valence-corrected chi connectivity index (χ1v) is 7.64. The molecule has 0 aliphatic carbocycles. The van der Waals surface area contributed by atoms with Gasteiger partial charge in [0.2, 0.25) is 0 Å². The van der Waals surface area contributed by atoms with E-state index in [-0.39, 0.29) is 18.8 Å². The van der Waals surface area contributed by atoms with Gasteiger partial charge in [0, 0.05) is 7.11 Å². The molecule has 0 bridgehead atoms. The number of rotatable bonds is 8. The van der Waals surface area contributed by atoms with Crippen LogP contribution < -0.4 is 10.1 Å². The summed E-state index contributed by atoms with van der Waals surface area (Å²) < 4.78 is 15.5. The summed E-state index contributed by atoms with van der Waals surface area (Å²) in [5.74, 6) is -0.372. The van der Waals surface area contributed by atoms with Crippen LogP contribution in [0.25, 0.3) is 0 Å². The minimum atomic E-state index is -1.13. The van der Waals surface area contributed by atoms with E-state index >= 15 is 0 Å². The number of furan rings is 1. The lowest BCUT2D eigenvalue weighted by Crippen LogP contribution is -2.45. The summed E-state index contributed by atoms with van der Waals surface area (Å²) in [6.07, 6.45) is -0.294. The fourth-order valence-electron chi connectivity index (χ4n) is 2.52. The maximum atomic E-state index is 12.5. The SMILES string of the molecule is COCc1ccc(C(=O)NC(C)(CC(=O)O)c2cccc(OC)c2)o1. The predicted molar refractivity (Wildman–Crippen MR) is 89.5 cm³/mol. The normalized spacial score (nSPS) is 13.1. The Morgan fingerprint density at radius 1 is 1.24 bits per heavy atom. The molecule has 0 saturated heterocycles.